The van der Waals surface area contributed by atoms with Gasteiger partial charge >= 0.3 is 0 Å². The van der Waals surface area contributed by atoms with E-state index in [-0.39, 0.29) is 11.6 Å². The third-order valence-corrected chi connectivity index (χ3v) is 3.70. The molecule has 0 unspecified atom stereocenters. The summed E-state index contributed by atoms with van der Waals surface area (Å²) in [6, 6.07) is 13.8. The summed E-state index contributed by atoms with van der Waals surface area (Å²) >= 11 is 0. The Hall–Kier alpha value is -2.69. The molecule has 5 heteroatoms. The fourth-order valence-electron chi connectivity index (χ4n) is 2.42. The molecule has 0 saturated heterocycles. The van der Waals surface area contributed by atoms with Gasteiger partial charge in [0, 0.05) is 29.9 Å². The number of nitro groups is 1. The number of nitro benzene ring substituents is 1. The van der Waals surface area contributed by atoms with Gasteiger partial charge in [-0.2, -0.15) is 0 Å². The molecular weight excluding hydrogens is 292 g/mol. The summed E-state index contributed by atoms with van der Waals surface area (Å²) in [5, 5.41) is 10.8. The highest BCUT2D eigenvalue weighted by Crippen LogP contribution is 2.22. The van der Waals surface area contributed by atoms with Gasteiger partial charge in [-0.3, -0.25) is 14.9 Å². The van der Waals surface area contributed by atoms with Crippen LogP contribution in [0.5, 0.6) is 0 Å². The van der Waals surface area contributed by atoms with E-state index in [9.17, 15) is 14.9 Å². The third kappa shape index (κ3) is 3.94. The van der Waals surface area contributed by atoms with Crippen molar-refractivity contribution in [1.82, 2.24) is 0 Å². The van der Waals surface area contributed by atoms with Crippen LogP contribution in [-0.2, 0) is 0 Å². The number of para-hydroxylation sites is 1. The first-order valence-electron chi connectivity index (χ1n) is 7.66. The minimum atomic E-state index is -0.451. The molecule has 0 atom stereocenters. The molecule has 0 aromatic heterocycles. The lowest BCUT2D eigenvalue weighted by Crippen LogP contribution is -2.32. The molecule has 120 valence electrons. The Morgan fingerprint density at radius 1 is 1.17 bits per heavy atom. The second-order valence-electron chi connectivity index (χ2n) is 5.40. The van der Waals surface area contributed by atoms with Crippen molar-refractivity contribution in [2.75, 3.05) is 11.4 Å². The molecule has 1 amide bonds. The largest absolute Gasteiger partial charge is 0.308 e. The van der Waals surface area contributed by atoms with Crippen LogP contribution in [0.4, 0.5) is 11.4 Å². The lowest BCUT2D eigenvalue weighted by molar-refractivity contribution is -0.384. The maximum atomic E-state index is 12.9. The first kappa shape index (κ1) is 16.7. The summed E-state index contributed by atoms with van der Waals surface area (Å²) in [5.41, 5.74) is 1.94. The van der Waals surface area contributed by atoms with Crippen molar-refractivity contribution in [2.45, 2.75) is 26.7 Å². The van der Waals surface area contributed by atoms with E-state index >= 15 is 0 Å². The van der Waals surface area contributed by atoms with Crippen LogP contribution in [0, 0.1) is 17.0 Å². The van der Waals surface area contributed by atoms with E-state index in [1.807, 2.05) is 30.3 Å². The van der Waals surface area contributed by atoms with E-state index < -0.39 is 4.92 Å². The highest BCUT2D eigenvalue weighted by Gasteiger charge is 2.20. The predicted octanol–water partition coefficient (Wildman–Crippen LogP) is 4.35. The highest BCUT2D eigenvalue weighted by molar-refractivity contribution is 6.07. The zero-order valence-corrected chi connectivity index (χ0v) is 13.4. The Labute approximate surface area is 135 Å². The van der Waals surface area contributed by atoms with Gasteiger partial charge in [0.05, 0.1) is 4.92 Å². The Balaban J connectivity index is 2.35. The fraction of sp³-hybridized carbons (Fsp3) is 0.278. The van der Waals surface area contributed by atoms with E-state index in [0.29, 0.717) is 17.7 Å². The SMILES string of the molecule is CCCCN(C(=O)c1ccc([N+](=O)[O-])cc1C)c1ccccc1. The minimum absolute atomic E-state index is 0.00105. The molecule has 0 aliphatic heterocycles. The van der Waals surface area contributed by atoms with E-state index in [0.717, 1.165) is 18.5 Å². The second-order valence-corrected chi connectivity index (χ2v) is 5.40. The van der Waals surface area contributed by atoms with Gasteiger partial charge in [0.2, 0.25) is 0 Å². The molecule has 0 fully saturated rings. The second kappa shape index (κ2) is 7.54. The molecule has 0 saturated carbocycles. The first-order chi connectivity index (χ1) is 11.0. The van der Waals surface area contributed by atoms with Crippen molar-refractivity contribution < 1.29 is 9.72 Å². The number of hydrogen-bond acceptors (Lipinski definition) is 3. The lowest BCUT2D eigenvalue weighted by atomic mass is 10.1. The summed E-state index contributed by atoms with van der Waals surface area (Å²) in [6.07, 6.45) is 1.88. The summed E-state index contributed by atoms with van der Waals surface area (Å²) in [7, 11) is 0. The van der Waals surface area contributed by atoms with E-state index in [2.05, 4.69) is 6.92 Å². The van der Waals surface area contributed by atoms with Crippen LogP contribution in [0.2, 0.25) is 0 Å². The molecular formula is C18H20N2O3. The van der Waals surface area contributed by atoms with E-state index in [1.165, 1.54) is 18.2 Å². The number of amides is 1. The minimum Gasteiger partial charge on any atom is -0.308 e. The number of rotatable bonds is 6. The number of carbonyl (C=O) groups is 1. The standard InChI is InChI=1S/C18H20N2O3/c1-3-4-12-19(15-8-6-5-7-9-15)18(21)17-11-10-16(20(22)23)13-14(17)2/h5-11,13H,3-4,12H2,1-2H3. The molecule has 2 rings (SSSR count). The summed E-state index contributed by atoms with van der Waals surface area (Å²) < 4.78 is 0. The Kier molecular flexibility index (Phi) is 5.46. The number of non-ortho nitro benzene ring substituents is 1. The van der Waals surface area contributed by atoms with Gasteiger partial charge in [0.25, 0.3) is 11.6 Å². The fourth-order valence-corrected chi connectivity index (χ4v) is 2.42. The average Bonchev–Trinajstić information content (AvgIpc) is 2.55. The van der Waals surface area contributed by atoms with Gasteiger partial charge in [-0.25, -0.2) is 0 Å². The molecule has 0 aliphatic rings. The number of benzene rings is 2. The molecule has 0 aliphatic carbocycles. The van der Waals surface area contributed by atoms with Crippen molar-refractivity contribution >= 4 is 17.3 Å². The predicted molar refractivity (Wildman–Crippen MR) is 90.9 cm³/mol. The number of anilines is 1. The van der Waals surface area contributed by atoms with Crippen LogP contribution < -0.4 is 4.90 Å². The Morgan fingerprint density at radius 3 is 2.43 bits per heavy atom. The number of hydrogen-bond donors (Lipinski definition) is 0. The number of carbonyl (C=O) groups excluding carboxylic acids is 1. The van der Waals surface area contributed by atoms with Crippen molar-refractivity contribution in [3.63, 3.8) is 0 Å². The smallest absolute Gasteiger partial charge is 0.269 e. The monoisotopic (exact) mass is 312 g/mol. The summed E-state index contributed by atoms with van der Waals surface area (Å²) in [6.45, 7) is 4.42. The van der Waals surface area contributed by atoms with Gasteiger partial charge < -0.3 is 4.90 Å². The Morgan fingerprint density at radius 2 is 1.87 bits per heavy atom. The first-order valence-corrected chi connectivity index (χ1v) is 7.66. The quantitative estimate of drug-likeness (QED) is 0.588. The van der Waals surface area contributed by atoms with Crippen LogP contribution >= 0.6 is 0 Å². The van der Waals surface area contributed by atoms with Crippen LogP contribution in [0.3, 0.4) is 0 Å². The van der Waals surface area contributed by atoms with Gasteiger partial charge in [-0.05, 0) is 37.1 Å². The molecule has 2 aromatic rings. The topological polar surface area (TPSA) is 63.5 Å². The summed E-state index contributed by atoms with van der Waals surface area (Å²) in [5.74, 6) is -0.128. The number of unbranched alkanes of at least 4 members (excludes halogenated alkanes) is 1. The van der Waals surface area contributed by atoms with Crippen LogP contribution in [0.1, 0.15) is 35.7 Å². The lowest BCUT2D eigenvalue weighted by Gasteiger charge is -2.23. The number of aryl methyl sites for hydroxylation is 1. The van der Waals surface area contributed by atoms with E-state index in [1.54, 1.807) is 11.8 Å². The Bertz CT molecular complexity index is 699. The van der Waals surface area contributed by atoms with Gasteiger partial charge in [-0.15, -0.1) is 0 Å². The molecule has 0 bridgehead atoms. The van der Waals surface area contributed by atoms with Crippen molar-refractivity contribution in [1.29, 1.82) is 0 Å². The van der Waals surface area contributed by atoms with Crippen LogP contribution in [0.15, 0.2) is 48.5 Å². The van der Waals surface area contributed by atoms with Crippen LogP contribution in [0.25, 0.3) is 0 Å². The molecule has 0 heterocycles. The maximum Gasteiger partial charge on any atom is 0.269 e. The van der Waals surface area contributed by atoms with Crippen molar-refractivity contribution in [3.8, 4) is 0 Å². The molecule has 0 N–H and O–H groups in total. The average molecular weight is 312 g/mol. The van der Waals surface area contributed by atoms with E-state index in [4.69, 9.17) is 0 Å². The highest BCUT2D eigenvalue weighted by atomic mass is 16.6. The zero-order chi connectivity index (χ0) is 16.8. The molecule has 0 spiro atoms. The molecule has 23 heavy (non-hydrogen) atoms. The molecule has 5 nitrogen and oxygen atoms in total. The maximum absolute atomic E-state index is 12.9. The van der Waals surface area contributed by atoms with Gasteiger partial charge in [0.15, 0.2) is 0 Å². The molecule has 2 aromatic carbocycles. The van der Waals surface area contributed by atoms with Gasteiger partial charge in [0.1, 0.15) is 0 Å². The zero-order valence-electron chi connectivity index (χ0n) is 13.4. The normalized spacial score (nSPS) is 10.3. The summed E-state index contributed by atoms with van der Waals surface area (Å²) in [4.78, 5) is 25.0. The number of nitrogens with zero attached hydrogens (tertiary/aromatic N) is 2. The van der Waals surface area contributed by atoms with Crippen molar-refractivity contribution in [2.24, 2.45) is 0 Å². The molecule has 0 radical (unpaired) electrons. The third-order valence-electron chi connectivity index (χ3n) is 3.70. The van der Waals surface area contributed by atoms with Crippen molar-refractivity contribution in [3.05, 3.63) is 69.8 Å². The van der Waals surface area contributed by atoms with Crippen LogP contribution in [-0.4, -0.2) is 17.4 Å². The van der Waals surface area contributed by atoms with Gasteiger partial charge in [-0.1, -0.05) is 31.5 Å².